The number of nitrogens with one attached hydrogen (secondary N) is 1. The highest BCUT2D eigenvalue weighted by Crippen LogP contribution is 2.47. The van der Waals surface area contributed by atoms with E-state index in [-0.39, 0.29) is 0 Å². The van der Waals surface area contributed by atoms with Crippen LogP contribution in [0.15, 0.2) is 34.7 Å². The van der Waals surface area contributed by atoms with Gasteiger partial charge in [-0.2, -0.15) is 0 Å². The van der Waals surface area contributed by atoms with Crippen molar-refractivity contribution < 1.29 is 13.9 Å². The molecule has 22 heavy (non-hydrogen) atoms. The molecule has 0 spiro atoms. The molecule has 4 rings (SSSR count). The van der Waals surface area contributed by atoms with E-state index in [9.17, 15) is 0 Å². The lowest BCUT2D eigenvalue weighted by atomic mass is 10.2. The zero-order chi connectivity index (χ0) is 14.9. The van der Waals surface area contributed by atoms with E-state index < -0.39 is 0 Å². The Hall–Kier alpha value is -1.94. The Kier molecular flexibility index (Phi) is 3.54. The number of ether oxygens (including phenoxy) is 2. The molecule has 1 N–H and O–H groups in total. The lowest BCUT2D eigenvalue weighted by Crippen LogP contribution is -2.16. The van der Waals surface area contributed by atoms with Gasteiger partial charge in [-0.25, -0.2) is 0 Å². The molecule has 4 nitrogen and oxygen atoms in total. The van der Waals surface area contributed by atoms with Crippen LogP contribution in [0.1, 0.15) is 36.3 Å². The SMILES string of the molecule is C[C@@H]1C[C@@H]1c1ccc(CNCc2ccc3c(c2)OCCO3)o1. The maximum absolute atomic E-state index is 5.90. The second-order valence-corrected chi connectivity index (χ2v) is 6.21. The summed E-state index contributed by atoms with van der Waals surface area (Å²) < 4.78 is 17.0. The molecule has 4 heteroatoms. The molecule has 0 radical (unpaired) electrons. The minimum Gasteiger partial charge on any atom is -0.486 e. The van der Waals surface area contributed by atoms with E-state index in [4.69, 9.17) is 13.9 Å². The van der Waals surface area contributed by atoms with Gasteiger partial charge in [-0.15, -0.1) is 0 Å². The Labute approximate surface area is 130 Å². The topological polar surface area (TPSA) is 43.6 Å². The molecule has 0 amide bonds. The van der Waals surface area contributed by atoms with Crippen molar-refractivity contribution >= 4 is 0 Å². The molecule has 1 saturated carbocycles. The first kappa shape index (κ1) is 13.7. The molecule has 0 bridgehead atoms. The van der Waals surface area contributed by atoms with Crippen LogP contribution in [0.5, 0.6) is 11.5 Å². The zero-order valence-electron chi connectivity index (χ0n) is 12.8. The van der Waals surface area contributed by atoms with Gasteiger partial charge in [0.05, 0.1) is 6.54 Å². The van der Waals surface area contributed by atoms with Crippen molar-refractivity contribution in [3.63, 3.8) is 0 Å². The smallest absolute Gasteiger partial charge is 0.161 e. The Balaban J connectivity index is 1.32. The van der Waals surface area contributed by atoms with Crippen molar-refractivity contribution in [1.82, 2.24) is 5.32 Å². The van der Waals surface area contributed by atoms with Gasteiger partial charge in [-0.05, 0) is 42.2 Å². The fourth-order valence-electron chi connectivity index (χ4n) is 2.94. The van der Waals surface area contributed by atoms with Gasteiger partial charge < -0.3 is 19.2 Å². The molecule has 116 valence electrons. The fourth-order valence-corrected chi connectivity index (χ4v) is 2.94. The summed E-state index contributed by atoms with van der Waals surface area (Å²) >= 11 is 0. The van der Waals surface area contributed by atoms with Crippen molar-refractivity contribution in [2.75, 3.05) is 13.2 Å². The molecule has 0 unspecified atom stereocenters. The number of fused-ring (bicyclic) bond motifs is 1. The van der Waals surface area contributed by atoms with Gasteiger partial charge in [-0.3, -0.25) is 0 Å². The second kappa shape index (κ2) is 5.69. The normalized spacial score (nSPS) is 22.6. The van der Waals surface area contributed by atoms with E-state index >= 15 is 0 Å². The molecular weight excluding hydrogens is 278 g/mol. The molecule has 1 aliphatic carbocycles. The van der Waals surface area contributed by atoms with Gasteiger partial charge in [-0.1, -0.05) is 13.0 Å². The average molecular weight is 299 g/mol. The minimum absolute atomic E-state index is 0.624. The predicted octanol–water partition coefficient (Wildman–Crippen LogP) is 3.46. The Morgan fingerprint density at radius 3 is 2.68 bits per heavy atom. The fraction of sp³-hybridized carbons (Fsp3) is 0.444. The summed E-state index contributed by atoms with van der Waals surface area (Å²) in [5.41, 5.74) is 1.19. The van der Waals surface area contributed by atoms with Crippen molar-refractivity contribution in [3.05, 3.63) is 47.4 Å². The first-order chi connectivity index (χ1) is 10.8. The van der Waals surface area contributed by atoms with Crippen LogP contribution in [0, 0.1) is 5.92 Å². The summed E-state index contributed by atoms with van der Waals surface area (Å²) in [6.07, 6.45) is 1.26. The quantitative estimate of drug-likeness (QED) is 0.918. The molecule has 1 aromatic carbocycles. The van der Waals surface area contributed by atoms with Crippen LogP contribution in [0.25, 0.3) is 0 Å². The number of benzene rings is 1. The predicted molar refractivity (Wildman–Crippen MR) is 83.2 cm³/mol. The summed E-state index contributed by atoms with van der Waals surface area (Å²) in [5.74, 6) is 5.25. The first-order valence-corrected chi connectivity index (χ1v) is 7.97. The van der Waals surface area contributed by atoms with Crippen LogP contribution in [0.3, 0.4) is 0 Å². The van der Waals surface area contributed by atoms with Crippen LogP contribution < -0.4 is 14.8 Å². The zero-order valence-corrected chi connectivity index (χ0v) is 12.8. The standard InChI is InChI=1S/C18H21NO3/c1-12-8-15(12)16-5-3-14(22-16)11-19-10-13-2-4-17-18(9-13)21-7-6-20-17/h2-5,9,12,15,19H,6-8,10-11H2,1H3/t12-,15+/m1/s1. The summed E-state index contributed by atoms with van der Waals surface area (Å²) in [4.78, 5) is 0. The molecule has 0 saturated heterocycles. The van der Waals surface area contributed by atoms with Gasteiger partial charge in [0, 0.05) is 12.5 Å². The van der Waals surface area contributed by atoms with Crippen molar-refractivity contribution in [3.8, 4) is 11.5 Å². The molecule has 1 aromatic heterocycles. The minimum atomic E-state index is 0.624. The number of rotatable bonds is 5. The van der Waals surface area contributed by atoms with Gasteiger partial charge in [0.2, 0.25) is 0 Å². The monoisotopic (exact) mass is 299 g/mol. The van der Waals surface area contributed by atoms with Crippen molar-refractivity contribution in [2.24, 2.45) is 5.92 Å². The molecule has 1 aliphatic heterocycles. The Morgan fingerprint density at radius 1 is 1.05 bits per heavy atom. The number of hydrogen-bond donors (Lipinski definition) is 1. The third kappa shape index (κ3) is 2.83. The summed E-state index contributed by atoms with van der Waals surface area (Å²) in [5, 5.41) is 3.42. The average Bonchev–Trinajstić information content (AvgIpc) is 3.09. The maximum atomic E-state index is 5.90. The van der Waals surface area contributed by atoms with E-state index in [1.54, 1.807) is 0 Å². The van der Waals surface area contributed by atoms with Crippen LogP contribution in [0.2, 0.25) is 0 Å². The lowest BCUT2D eigenvalue weighted by molar-refractivity contribution is 0.171. The highest BCUT2D eigenvalue weighted by atomic mass is 16.6. The first-order valence-electron chi connectivity index (χ1n) is 7.97. The molecule has 2 aromatic rings. The molecule has 1 fully saturated rings. The lowest BCUT2D eigenvalue weighted by Gasteiger charge is -2.18. The molecule has 2 heterocycles. The van der Waals surface area contributed by atoms with Crippen LogP contribution in [-0.4, -0.2) is 13.2 Å². The highest BCUT2D eigenvalue weighted by molar-refractivity contribution is 5.43. The van der Waals surface area contributed by atoms with E-state index in [2.05, 4.69) is 30.4 Å². The van der Waals surface area contributed by atoms with Crippen LogP contribution >= 0.6 is 0 Å². The largest absolute Gasteiger partial charge is 0.486 e. The van der Waals surface area contributed by atoms with E-state index in [1.807, 2.05) is 12.1 Å². The molecule has 2 aliphatic rings. The van der Waals surface area contributed by atoms with E-state index in [0.717, 1.165) is 42.0 Å². The van der Waals surface area contributed by atoms with Gasteiger partial charge in [0.25, 0.3) is 0 Å². The summed E-state index contributed by atoms with van der Waals surface area (Å²) in [6, 6.07) is 10.3. The van der Waals surface area contributed by atoms with Crippen molar-refractivity contribution in [1.29, 1.82) is 0 Å². The third-order valence-corrected chi connectivity index (χ3v) is 4.39. The highest BCUT2D eigenvalue weighted by Gasteiger charge is 2.36. The van der Waals surface area contributed by atoms with Crippen molar-refractivity contribution in [2.45, 2.75) is 32.4 Å². The van der Waals surface area contributed by atoms with Gasteiger partial charge in [0.15, 0.2) is 11.5 Å². The van der Waals surface area contributed by atoms with Gasteiger partial charge in [0.1, 0.15) is 24.7 Å². The van der Waals surface area contributed by atoms with E-state index in [1.165, 1.54) is 12.0 Å². The number of hydrogen-bond acceptors (Lipinski definition) is 4. The third-order valence-electron chi connectivity index (χ3n) is 4.39. The Bertz CT molecular complexity index is 664. The molecular formula is C18H21NO3. The van der Waals surface area contributed by atoms with Crippen LogP contribution in [0.4, 0.5) is 0 Å². The maximum Gasteiger partial charge on any atom is 0.161 e. The van der Waals surface area contributed by atoms with Crippen LogP contribution in [-0.2, 0) is 13.1 Å². The number of furan rings is 1. The summed E-state index contributed by atoms with van der Waals surface area (Å²) in [6.45, 7) is 5.05. The second-order valence-electron chi connectivity index (χ2n) is 6.21. The Morgan fingerprint density at radius 2 is 1.86 bits per heavy atom. The van der Waals surface area contributed by atoms with Gasteiger partial charge >= 0.3 is 0 Å². The van der Waals surface area contributed by atoms with E-state index in [0.29, 0.717) is 19.1 Å². The molecule has 2 atom stereocenters. The summed E-state index contributed by atoms with van der Waals surface area (Å²) in [7, 11) is 0.